The van der Waals surface area contributed by atoms with Crippen LogP contribution >= 0.6 is 0 Å². The van der Waals surface area contributed by atoms with Crippen LogP contribution in [0.1, 0.15) is 42.0 Å². The number of benzene rings is 1. The van der Waals surface area contributed by atoms with Crippen LogP contribution < -0.4 is 5.32 Å². The van der Waals surface area contributed by atoms with Gasteiger partial charge in [0, 0.05) is 6.42 Å². The van der Waals surface area contributed by atoms with Gasteiger partial charge in [-0.05, 0) is 49.3 Å². The first kappa shape index (κ1) is 15.3. The van der Waals surface area contributed by atoms with Crippen LogP contribution in [-0.2, 0) is 9.59 Å². The fraction of sp³-hybridized carbons (Fsp3) is 0.412. The first-order valence-corrected chi connectivity index (χ1v) is 7.23. The Kier molecular flexibility index (Phi) is 4.78. The summed E-state index contributed by atoms with van der Waals surface area (Å²) in [5, 5.41) is 12.0. The predicted molar refractivity (Wildman–Crippen MR) is 80.9 cm³/mol. The fourth-order valence-corrected chi connectivity index (χ4v) is 2.56. The molecule has 0 heterocycles. The van der Waals surface area contributed by atoms with Gasteiger partial charge in [-0.2, -0.15) is 0 Å². The number of carbonyl (C=O) groups is 2. The second kappa shape index (κ2) is 6.57. The molecular weight excluding hydrogens is 266 g/mol. The summed E-state index contributed by atoms with van der Waals surface area (Å²) in [6.45, 7) is 3.91. The van der Waals surface area contributed by atoms with Gasteiger partial charge in [-0.1, -0.05) is 30.4 Å². The highest BCUT2D eigenvalue weighted by molar-refractivity contribution is 5.84. The summed E-state index contributed by atoms with van der Waals surface area (Å²) in [4.78, 5) is 23.5. The van der Waals surface area contributed by atoms with Gasteiger partial charge in [-0.3, -0.25) is 4.79 Å². The number of amides is 1. The summed E-state index contributed by atoms with van der Waals surface area (Å²) < 4.78 is 0. The number of carboxylic acid groups (broad SMARTS) is 1. The van der Waals surface area contributed by atoms with Crippen LogP contribution in [0.25, 0.3) is 0 Å². The van der Waals surface area contributed by atoms with Crippen LogP contribution in [-0.4, -0.2) is 17.0 Å². The monoisotopic (exact) mass is 287 g/mol. The van der Waals surface area contributed by atoms with E-state index < -0.39 is 12.0 Å². The Labute approximate surface area is 124 Å². The maximum atomic E-state index is 12.0. The molecule has 1 aliphatic carbocycles. The molecule has 2 N–H and O–H groups in total. The van der Waals surface area contributed by atoms with Crippen LogP contribution in [0.2, 0.25) is 0 Å². The van der Waals surface area contributed by atoms with E-state index in [1.165, 1.54) is 0 Å². The quantitative estimate of drug-likeness (QED) is 0.818. The minimum atomic E-state index is -1.03. The molecule has 4 heteroatoms. The van der Waals surface area contributed by atoms with Gasteiger partial charge in [0.05, 0.1) is 0 Å². The average molecular weight is 287 g/mol. The molecule has 2 atom stereocenters. The Hall–Kier alpha value is -2.10. The van der Waals surface area contributed by atoms with Crippen molar-refractivity contribution >= 4 is 11.9 Å². The second-order valence-corrected chi connectivity index (χ2v) is 5.65. The van der Waals surface area contributed by atoms with Gasteiger partial charge >= 0.3 is 5.97 Å². The summed E-state index contributed by atoms with van der Waals surface area (Å²) in [7, 11) is 0. The van der Waals surface area contributed by atoms with Gasteiger partial charge in [0.25, 0.3) is 0 Å². The Morgan fingerprint density at radius 1 is 1.33 bits per heavy atom. The third kappa shape index (κ3) is 3.94. The molecular formula is C17H21NO3. The van der Waals surface area contributed by atoms with E-state index in [4.69, 9.17) is 0 Å². The molecule has 2 rings (SSSR count). The highest BCUT2D eigenvalue weighted by Crippen LogP contribution is 2.22. The van der Waals surface area contributed by atoms with Crippen molar-refractivity contribution in [3.63, 3.8) is 0 Å². The molecule has 0 aliphatic heterocycles. The van der Waals surface area contributed by atoms with Gasteiger partial charge in [-0.15, -0.1) is 0 Å². The van der Waals surface area contributed by atoms with E-state index in [1.54, 1.807) is 6.07 Å². The SMILES string of the molecule is Cc1ccc(C(NC(=O)CC2C=CCC2)C(=O)O)cc1C. The zero-order chi connectivity index (χ0) is 15.4. The minimum Gasteiger partial charge on any atom is -0.479 e. The minimum absolute atomic E-state index is 0.211. The van der Waals surface area contributed by atoms with Crippen molar-refractivity contribution in [3.8, 4) is 0 Å². The summed E-state index contributed by atoms with van der Waals surface area (Å²) in [5.74, 6) is -1.01. The number of allylic oxidation sites excluding steroid dienone is 2. The van der Waals surface area contributed by atoms with Crippen molar-refractivity contribution in [2.45, 2.75) is 39.2 Å². The van der Waals surface area contributed by atoms with Crippen LogP contribution in [0.5, 0.6) is 0 Å². The smallest absolute Gasteiger partial charge is 0.330 e. The van der Waals surface area contributed by atoms with E-state index in [2.05, 4.69) is 11.4 Å². The van der Waals surface area contributed by atoms with Gasteiger partial charge < -0.3 is 10.4 Å². The number of rotatable bonds is 5. The predicted octanol–water partition coefficient (Wildman–Crippen LogP) is 2.90. The number of hydrogen-bond acceptors (Lipinski definition) is 2. The van der Waals surface area contributed by atoms with Crippen molar-refractivity contribution in [1.82, 2.24) is 5.32 Å². The van der Waals surface area contributed by atoms with E-state index in [1.807, 2.05) is 32.1 Å². The van der Waals surface area contributed by atoms with Crippen molar-refractivity contribution in [3.05, 3.63) is 47.0 Å². The molecule has 0 fully saturated rings. The molecule has 0 saturated carbocycles. The number of hydrogen-bond donors (Lipinski definition) is 2. The average Bonchev–Trinajstić information content (AvgIpc) is 2.92. The topological polar surface area (TPSA) is 66.4 Å². The molecule has 0 bridgehead atoms. The van der Waals surface area contributed by atoms with Crippen molar-refractivity contribution in [2.75, 3.05) is 0 Å². The summed E-state index contributed by atoms with van der Waals surface area (Å²) in [6, 6.07) is 4.48. The zero-order valence-corrected chi connectivity index (χ0v) is 12.4. The van der Waals surface area contributed by atoms with Crippen molar-refractivity contribution < 1.29 is 14.7 Å². The molecule has 1 aliphatic rings. The molecule has 1 amide bonds. The Balaban J connectivity index is 2.07. The van der Waals surface area contributed by atoms with Crippen LogP contribution in [0.4, 0.5) is 0 Å². The molecule has 0 spiro atoms. The number of nitrogens with one attached hydrogen (secondary N) is 1. The number of carboxylic acids is 1. The maximum absolute atomic E-state index is 12.0. The van der Waals surface area contributed by atoms with Gasteiger partial charge in [-0.25, -0.2) is 4.79 Å². The molecule has 21 heavy (non-hydrogen) atoms. The lowest BCUT2D eigenvalue weighted by Gasteiger charge is -2.17. The fourth-order valence-electron chi connectivity index (χ4n) is 2.56. The van der Waals surface area contributed by atoms with Crippen molar-refractivity contribution in [2.24, 2.45) is 5.92 Å². The Bertz CT molecular complexity index is 577. The van der Waals surface area contributed by atoms with E-state index in [0.717, 1.165) is 24.0 Å². The summed E-state index contributed by atoms with van der Waals surface area (Å²) >= 11 is 0. The van der Waals surface area contributed by atoms with E-state index in [-0.39, 0.29) is 11.8 Å². The molecule has 1 aromatic carbocycles. The number of carbonyl (C=O) groups excluding carboxylic acids is 1. The second-order valence-electron chi connectivity index (χ2n) is 5.65. The van der Waals surface area contributed by atoms with Gasteiger partial charge in [0.15, 0.2) is 6.04 Å². The normalized spacial score (nSPS) is 18.5. The van der Waals surface area contributed by atoms with Crippen LogP contribution in [0.3, 0.4) is 0 Å². The lowest BCUT2D eigenvalue weighted by Crippen LogP contribution is -2.34. The highest BCUT2D eigenvalue weighted by atomic mass is 16.4. The van der Waals surface area contributed by atoms with E-state index in [9.17, 15) is 14.7 Å². The molecule has 0 radical (unpaired) electrons. The number of aryl methyl sites for hydroxylation is 2. The molecule has 0 saturated heterocycles. The maximum Gasteiger partial charge on any atom is 0.330 e. The third-order valence-electron chi connectivity index (χ3n) is 3.98. The molecule has 1 aromatic rings. The lowest BCUT2D eigenvalue weighted by atomic mass is 10.00. The summed E-state index contributed by atoms with van der Waals surface area (Å²) in [5.41, 5.74) is 2.73. The lowest BCUT2D eigenvalue weighted by molar-refractivity contribution is -0.142. The molecule has 112 valence electrons. The summed E-state index contributed by atoms with van der Waals surface area (Å²) in [6.07, 6.45) is 6.42. The molecule has 0 aromatic heterocycles. The zero-order valence-electron chi connectivity index (χ0n) is 12.4. The number of aliphatic carboxylic acids is 1. The third-order valence-corrected chi connectivity index (χ3v) is 3.98. The van der Waals surface area contributed by atoms with Gasteiger partial charge in [0.2, 0.25) is 5.91 Å². The first-order valence-electron chi connectivity index (χ1n) is 7.23. The standard InChI is InChI=1S/C17H21NO3/c1-11-7-8-14(9-12(11)2)16(17(20)21)18-15(19)10-13-5-3-4-6-13/h3,5,7-9,13,16H,4,6,10H2,1-2H3,(H,18,19)(H,20,21). The van der Waals surface area contributed by atoms with E-state index in [0.29, 0.717) is 12.0 Å². The van der Waals surface area contributed by atoms with E-state index >= 15 is 0 Å². The Morgan fingerprint density at radius 3 is 2.67 bits per heavy atom. The van der Waals surface area contributed by atoms with Crippen molar-refractivity contribution in [1.29, 1.82) is 0 Å². The largest absolute Gasteiger partial charge is 0.479 e. The van der Waals surface area contributed by atoms with Crippen LogP contribution in [0, 0.1) is 19.8 Å². The highest BCUT2D eigenvalue weighted by Gasteiger charge is 2.24. The van der Waals surface area contributed by atoms with Gasteiger partial charge in [0.1, 0.15) is 0 Å². The first-order chi connectivity index (χ1) is 9.97. The molecule has 4 nitrogen and oxygen atoms in total. The van der Waals surface area contributed by atoms with Crippen LogP contribution in [0.15, 0.2) is 30.4 Å². The molecule has 2 unspecified atom stereocenters. The Morgan fingerprint density at radius 2 is 2.10 bits per heavy atom.